The van der Waals surface area contributed by atoms with Gasteiger partial charge >= 0.3 is 0 Å². The lowest BCUT2D eigenvalue weighted by molar-refractivity contribution is -0.163. The first-order chi connectivity index (χ1) is 32.3. The fourth-order valence-electron chi connectivity index (χ4n) is 11.9. The van der Waals surface area contributed by atoms with Gasteiger partial charge in [-0.25, -0.2) is 15.0 Å². The van der Waals surface area contributed by atoms with E-state index in [0.717, 1.165) is 61.4 Å². The fraction of sp³-hybridized carbons (Fsp3) is 0.164. The normalized spacial score (nSPS) is 18.8. The van der Waals surface area contributed by atoms with Crippen molar-refractivity contribution in [2.75, 3.05) is 0 Å². The van der Waals surface area contributed by atoms with E-state index in [1.807, 2.05) is 72.8 Å². The highest BCUT2D eigenvalue weighted by atomic mass is 16.3. The summed E-state index contributed by atoms with van der Waals surface area (Å²) in [5, 5.41) is 4.44. The van der Waals surface area contributed by atoms with E-state index in [2.05, 4.69) is 141 Å². The molecule has 0 spiro atoms. The summed E-state index contributed by atoms with van der Waals surface area (Å²) in [7, 11) is 0. The van der Waals surface area contributed by atoms with Gasteiger partial charge in [-0.2, -0.15) is 0 Å². The molecule has 5 heteroatoms. The average Bonchev–Trinajstić information content (AvgIpc) is 3.92. The second kappa shape index (κ2) is 14.7. The van der Waals surface area contributed by atoms with Gasteiger partial charge in [-0.1, -0.05) is 154 Å². The van der Waals surface area contributed by atoms with Gasteiger partial charge in [0, 0.05) is 43.9 Å². The van der Waals surface area contributed by atoms with Gasteiger partial charge in [0.2, 0.25) is 0 Å². The van der Waals surface area contributed by atoms with Crippen LogP contribution in [0.5, 0.6) is 0 Å². The maximum absolute atomic E-state index is 6.56. The van der Waals surface area contributed by atoms with Crippen molar-refractivity contribution in [2.24, 2.45) is 16.7 Å². The lowest BCUT2D eigenvalue weighted by Gasteiger charge is -2.68. The minimum absolute atomic E-state index is 0.373. The van der Waals surface area contributed by atoms with Gasteiger partial charge in [0.05, 0.1) is 11.0 Å². The molecule has 318 valence electrons. The third-order valence-electron chi connectivity index (χ3n) is 15.9. The van der Waals surface area contributed by atoms with Crippen LogP contribution in [-0.4, -0.2) is 19.5 Å². The van der Waals surface area contributed by atoms with Crippen LogP contribution in [0.1, 0.15) is 51.5 Å². The van der Waals surface area contributed by atoms with E-state index in [9.17, 15) is 0 Å². The predicted molar refractivity (Wildman–Crippen MR) is 271 cm³/mol. The summed E-state index contributed by atoms with van der Waals surface area (Å²) in [5.74, 6) is 3.35. The Balaban J connectivity index is 0.934. The molecule has 14 rings (SSSR count). The zero-order chi connectivity index (χ0) is 44.1. The fourth-order valence-corrected chi connectivity index (χ4v) is 11.9. The molecule has 3 aromatic heterocycles. The number of hydrogen-bond acceptors (Lipinski definition) is 4. The standard InChI is InChI=1S/C61H48N4O/c1-60(2)45-29-30-51(61(60,3)37-45)39-24-22-38(23-25-39)42-26-31-52-48(34-42)49-35-43(27-32-53(49)65(52)46-18-11-6-12-19-46)44-28-33-54-50(36-44)56-47(20-13-21-55(56)66-54)59-63-57(40-14-7-4-8-15-40)62-58(64-59)41-16-9-5-10-17-41/h4-28,31-36,45,51H,29-30,37H2,1-3H3/t45-,51?,61+/m0/s1. The quantitative estimate of drug-likeness (QED) is 0.160. The Kier molecular flexibility index (Phi) is 8.64. The summed E-state index contributed by atoms with van der Waals surface area (Å²) in [6, 6.07) is 67.1. The molecule has 11 aromatic rings. The molecular weight excluding hydrogens is 805 g/mol. The van der Waals surface area contributed by atoms with Gasteiger partial charge in [0.25, 0.3) is 0 Å². The lowest BCUT2D eigenvalue weighted by atomic mass is 9.37. The number of para-hydroxylation sites is 1. The van der Waals surface area contributed by atoms with Crippen LogP contribution in [0.2, 0.25) is 0 Å². The van der Waals surface area contributed by atoms with Crippen LogP contribution in [0.25, 0.3) is 106 Å². The molecule has 3 aliphatic carbocycles. The van der Waals surface area contributed by atoms with Gasteiger partial charge in [0.1, 0.15) is 11.2 Å². The number of benzene rings is 8. The topological polar surface area (TPSA) is 56.7 Å². The number of aromatic nitrogens is 4. The highest BCUT2D eigenvalue weighted by Gasteiger charge is 2.62. The van der Waals surface area contributed by atoms with Crippen molar-refractivity contribution >= 4 is 43.7 Å². The van der Waals surface area contributed by atoms with E-state index in [1.54, 1.807) is 0 Å². The van der Waals surface area contributed by atoms with Crippen molar-refractivity contribution in [3.05, 3.63) is 194 Å². The number of nitrogens with zero attached hydrogens (tertiary/aromatic N) is 4. The van der Waals surface area contributed by atoms with E-state index < -0.39 is 0 Å². The Hall–Kier alpha value is -7.63. The predicted octanol–water partition coefficient (Wildman–Crippen LogP) is 16.1. The molecule has 3 saturated carbocycles. The minimum Gasteiger partial charge on any atom is -0.456 e. The molecule has 0 saturated heterocycles. The smallest absolute Gasteiger partial charge is 0.164 e. The maximum atomic E-state index is 6.56. The lowest BCUT2D eigenvalue weighted by Crippen LogP contribution is -2.59. The summed E-state index contributed by atoms with van der Waals surface area (Å²) in [5.41, 5.74) is 14.9. The average molecular weight is 853 g/mol. The van der Waals surface area contributed by atoms with Crippen LogP contribution in [0.4, 0.5) is 0 Å². The van der Waals surface area contributed by atoms with Crippen molar-refractivity contribution in [2.45, 2.75) is 46.0 Å². The Bertz CT molecular complexity index is 3610. The molecule has 0 aliphatic heterocycles. The molecule has 3 atom stereocenters. The third-order valence-corrected chi connectivity index (χ3v) is 15.9. The summed E-state index contributed by atoms with van der Waals surface area (Å²) in [4.78, 5) is 15.2. The van der Waals surface area contributed by atoms with E-state index >= 15 is 0 Å². The summed E-state index contributed by atoms with van der Waals surface area (Å²) in [6.07, 6.45) is 4.00. The molecule has 66 heavy (non-hydrogen) atoms. The zero-order valence-corrected chi connectivity index (χ0v) is 37.4. The van der Waals surface area contributed by atoms with Gasteiger partial charge in [-0.3, -0.25) is 0 Å². The second-order valence-corrected chi connectivity index (χ2v) is 19.5. The molecule has 3 aliphatic rings. The molecule has 0 radical (unpaired) electrons. The first-order valence-corrected chi connectivity index (χ1v) is 23.4. The first-order valence-electron chi connectivity index (χ1n) is 23.4. The largest absolute Gasteiger partial charge is 0.456 e. The van der Waals surface area contributed by atoms with Crippen LogP contribution >= 0.6 is 0 Å². The van der Waals surface area contributed by atoms with Crippen LogP contribution in [0.15, 0.2) is 192 Å². The maximum Gasteiger partial charge on any atom is 0.164 e. The molecule has 1 unspecified atom stereocenters. The monoisotopic (exact) mass is 852 g/mol. The van der Waals surface area contributed by atoms with Gasteiger partial charge in [0.15, 0.2) is 17.5 Å². The minimum atomic E-state index is 0.373. The third kappa shape index (κ3) is 5.95. The first kappa shape index (κ1) is 38.8. The van der Waals surface area contributed by atoms with Crippen LogP contribution in [0, 0.1) is 16.7 Å². The van der Waals surface area contributed by atoms with Crippen LogP contribution in [0.3, 0.4) is 0 Å². The number of fused-ring (bicyclic) bond motifs is 8. The summed E-state index contributed by atoms with van der Waals surface area (Å²) >= 11 is 0. The number of rotatable bonds is 7. The van der Waals surface area contributed by atoms with Crippen molar-refractivity contribution in [3.63, 3.8) is 0 Å². The van der Waals surface area contributed by atoms with Crippen LogP contribution < -0.4 is 0 Å². The van der Waals surface area contributed by atoms with E-state index in [-0.39, 0.29) is 0 Å². The van der Waals surface area contributed by atoms with E-state index in [1.165, 1.54) is 57.8 Å². The SMILES string of the molecule is CC1(C)[C@H]2CCC(c3ccc(-c4ccc5c(c4)c4cc(-c6ccc7oc8cccc(-c9nc(-c%10ccccc%10)nc(-c%10ccccc%10)n9)c8c7c6)ccc4n5-c4ccccc4)cc3)[C@@]1(C)C2. The van der Waals surface area contributed by atoms with Crippen molar-refractivity contribution in [3.8, 4) is 62.1 Å². The Morgan fingerprint density at radius 1 is 0.470 bits per heavy atom. The molecule has 3 heterocycles. The van der Waals surface area contributed by atoms with Gasteiger partial charge in [-0.05, 0) is 124 Å². The van der Waals surface area contributed by atoms with Crippen molar-refractivity contribution in [1.29, 1.82) is 0 Å². The number of hydrogen-bond donors (Lipinski definition) is 0. The number of furan rings is 1. The second-order valence-electron chi connectivity index (χ2n) is 19.5. The van der Waals surface area contributed by atoms with E-state index in [0.29, 0.717) is 34.2 Å². The van der Waals surface area contributed by atoms with Gasteiger partial charge < -0.3 is 8.98 Å². The molecule has 5 nitrogen and oxygen atoms in total. The molecule has 2 bridgehead atoms. The van der Waals surface area contributed by atoms with E-state index in [4.69, 9.17) is 19.4 Å². The zero-order valence-electron chi connectivity index (χ0n) is 37.4. The summed E-state index contributed by atoms with van der Waals surface area (Å²) < 4.78 is 8.96. The molecule has 0 N–H and O–H groups in total. The highest BCUT2D eigenvalue weighted by molar-refractivity contribution is 6.14. The molecular formula is C61H48N4O. The van der Waals surface area contributed by atoms with Crippen LogP contribution in [-0.2, 0) is 0 Å². The molecule has 3 fully saturated rings. The Morgan fingerprint density at radius 2 is 1.02 bits per heavy atom. The van der Waals surface area contributed by atoms with Gasteiger partial charge in [-0.15, -0.1) is 0 Å². The summed E-state index contributed by atoms with van der Waals surface area (Å²) in [6.45, 7) is 7.55. The molecule has 0 amide bonds. The highest BCUT2D eigenvalue weighted by Crippen LogP contribution is 2.72. The molecule has 8 aromatic carbocycles. The Morgan fingerprint density at radius 3 is 1.64 bits per heavy atom. The van der Waals surface area contributed by atoms with Crippen molar-refractivity contribution < 1.29 is 4.42 Å². The van der Waals surface area contributed by atoms with Crippen molar-refractivity contribution in [1.82, 2.24) is 19.5 Å². The Labute approximate surface area is 384 Å².